The predicted octanol–water partition coefficient (Wildman–Crippen LogP) is 2.93. The van der Waals surface area contributed by atoms with Crippen LogP contribution in [0.15, 0.2) is 67.0 Å². The third kappa shape index (κ3) is 2.72. The number of benzene rings is 2. The van der Waals surface area contributed by atoms with Crippen LogP contribution in [0.5, 0.6) is 0 Å². The van der Waals surface area contributed by atoms with Gasteiger partial charge in [0.05, 0.1) is 0 Å². The van der Waals surface area contributed by atoms with Gasteiger partial charge in [0.25, 0.3) is 0 Å². The van der Waals surface area contributed by atoms with Crippen molar-refractivity contribution in [3.8, 4) is 22.4 Å². The minimum atomic E-state index is 0.749. The van der Waals surface area contributed by atoms with Crippen molar-refractivity contribution in [2.24, 2.45) is 0 Å². The number of pyridine rings is 1. The molecule has 3 nitrogen and oxygen atoms in total. The second-order valence-electron chi connectivity index (χ2n) is 5.75. The van der Waals surface area contributed by atoms with E-state index in [9.17, 15) is 0 Å². The Morgan fingerprint density at radius 3 is 2.33 bits per heavy atom. The first-order valence-corrected chi connectivity index (χ1v) is 8.97. The molecular formula is C20H16AsN3. The molecule has 0 aliphatic carbocycles. The molecule has 2 aromatic heterocycles. The summed E-state index contributed by atoms with van der Waals surface area (Å²) >= 11 is 1.49. The van der Waals surface area contributed by atoms with Gasteiger partial charge < -0.3 is 0 Å². The van der Waals surface area contributed by atoms with Crippen molar-refractivity contribution in [2.45, 2.75) is 6.92 Å². The molecule has 0 saturated heterocycles. The Labute approximate surface area is 149 Å². The number of nitrogens with zero attached hydrogens (tertiary/aromatic N) is 3. The van der Waals surface area contributed by atoms with E-state index in [0.717, 1.165) is 37.9 Å². The summed E-state index contributed by atoms with van der Waals surface area (Å²) in [5.74, 6) is 0. The van der Waals surface area contributed by atoms with Crippen molar-refractivity contribution in [3.05, 3.63) is 72.6 Å². The maximum absolute atomic E-state index is 4.86. The molecule has 0 fully saturated rings. The van der Waals surface area contributed by atoms with Crippen molar-refractivity contribution < 1.29 is 0 Å². The molecule has 0 amide bonds. The van der Waals surface area contributed by atoms with E-state index in [0.29, 0.717) is 0 Å². The van der Waals surface area contributed by atoms with Gasteiger partial charge >= 0.3 is 149 Å². The summed E-state index contributed by atoms with van der Waals surface area (Å²) in [5.41, 5.74) is 6.32. The first-order valence-electron chi connectivity index (χ1n) is 7.76. The van der Waals surface area contributed by atoms with Gasteiger partial charge in [-0.15, -0.1) is 0 Å². The third-order valence-electron chi connectivity index (χ3n) is 4.06. The van der Waals surface area contributed by atoms with E-state index in [1.807, 2.05) is 18.2 Å². The number of aromatic nitrogens is 3. The van der Waals surface area contributed by atoms with Crippen LogP contribution in [0, 0.1) is 6.92 Å². The van der Waals surface area contributed by atoms with Gasteiger partial charge in [-0.2, -0.15) is 0 Å². The maximum atomic E-state index is 4.86. The second-order valence-corrected chi connectivity index (χ2v) is 6.89. The molecule has 1 unspecified atom stereocenters. The average Bonchev–Trinajstić information content (AvgIpc) is 2.63. The summed E-state index contributed by atoms with van der Waals surface area (Å²) in [5, 5.41) is 1.02. The van der Waals surface area contributed by atoms with E-state index in [1.54, 1.807) is 6.33 Å². The monoisotopic (exact) mass is 373 g/mol. The van der Waals surface area contributed by atoms with Gasteiger partial charge in [0.2, 0.25) is 0 Å². The Morgan fingerprint density at radius 1 is 0.833 bits per heavy atom. The van der Waals surface area contributed by atoms with Crippen LogP contribution in [0.4, 0.5) is 0 Å². The Hall–Kier alpha value is -2.51. The van der Waals surface area contributed by atoms with Crippen molar-refractivity contribution in [1.82, 2.24) is 15.0 Å². The quantitative estimate of drug-likeness (QED) is 0.507. The molecule has 2 heterocycles. The van der Waals surface area contributed by atoms with E-state index in [-0.39, 0.29) is 0 Å². The summed E-state index contributed by atoms with van der Waals surface area (Å²) < 4.78 is 1.01. The normalized spacial score (nSPS) is 10.9. The van der Waals surface area contributed by atoms with Crippen molar-refractivity contribution in [3.63, 3.8) is 0 Å². The molecule has 0 spiro atoms. The van der Waals surface area contributed by atoms with E-state index in [1.165, 1.54) is 22.4 Å². The fraction of sp³-hybridized carbons (Fsp3) is 0.0500. The molecular weight excluding hydrogens is 357 g/mol. The predicted molar refractivity (Wildman–Crippen MR) is 101 cm³/mol. The van der Waals surface area contributed by atoms with Gasteiger partial charge in [-0.05, 0) is 0 Å². The Balaban J connectivity index is 2.05. The second kappa shape index (κ2) is 6.18. The Bertz CT molecular complexity index is 1010. The molecule has 0 aliphatic heterocycles. The molecule has 0 aliphatic rings. The molecule has 4 heteroatoms. The van der Waals surface area contributed by atoms with Gasteiger partial charge in [0.1, 0.15) is 0 Å². The molecule has 0 radical (unpaired) electrons. The summed E-state index contributed by atoms with van der Waals surface area (Å²) in [7, 11) is 0. The third-order valence-corrected chi connectivity index (χ3v) is 5.03. The molecule has 2 aromatic carbocycles. The van der Waals surface area contributed by atoms with E-state index < -0.39 is 0 Å². The van der Waals surface area contributed by atoms with E-state index >= 15 is 0 Å². The molecule has 24 heavy (non-hydrogen) atoms. The van der Waals surface area contributed by atoms with Crippen molar-refractivity contribution in [1.29, 1.82) is 0 Å². The van der Waals surface area contributed by atoms with E-state index in [2.05, 4.69) is 59.4 Å². The van der Waals surface area contributed by atoms with Gasteiger partial charge in [-0.1, -0.05) is 0 Å². The minimum absolute atomic E-state index is 0.749. The van der Waals surface area contributed by atoms with Gasteiger partial charge in [-0.25, -0.2) is 0 Å². The zero-order valence-electron chi connectivity index (χ0n) is 13.3. The summed E-state index contributed by atoms with van der Waals surface area (Å²) in [6.45, 7) is 2.10. The summed E-state index contributed by atoms with van der Waals surface area (Å²) in [4.78, 5) is 13.6. The zero-order chi connectivity index (χ0) is 16.5. The van der Waals surface area contributed by atoms with Crippen LogP contribution in [-0.2, 0) is 0 Å². The SMILES string of the molecule is Cc1ccc(-c2cc3c([AsH2])ncnc3nc2-c2ccccc2)cc1. The van der Waals surface area contributed by atoms with Crippen molar-refractivity contribution in [2.75, 3.05) is 0 Å². The van der Waals surface area contributed by atoms with Crippen LogP contribution in [0.25, 0.3) is 33.4 Å². The van der Waals surface area contributed by atoms with Crippen LogP contribution < -0.4 is 4.48 Å². The van der Waals surface area contributed by atoms with Crippen molar-refractivity contribution >= 4 is 32.4 Å². The first-order chi connectivity index (χ1) is 11.7. The van der Waals surface area contributed by atoms with Crippen LogP contribution in [0.2, 0.25) is 0 Å². The fourth-order valence-corrected chi connectivity index (χ4v) is 3.36. The van der Waals surface area contributed by atoms with Crippen LogP contribution >= 0.6 is 0 Å². The molecule has 4 rings (SSSR count). The van der Waals surface area contributed by atoms with Gasteiger partial charge in [0, 0.05) is 0 Å². The van der Waals surface area contributed by atoms with Gasteiger partial charge in [0.15, 0.2) is 0 Å². The summed E-state index contributed by atoms with van der Waals surface area (Å²) in [6.07, 6.45) is 1.59. The standard InChI is InChI=1S/C20H16AsN3/c1-13-7-9-14(10-8-13)16-11-17-19(21)22-12-23-20(17)24-18(16)15-5-3-2-4-6-15/h2-12H,21H2,1H3. The van der Waals surface area contributed by atoms with Crippen LogP contribution in [0.1, 0.15) is 5.56 Å². The first kappa shape index (κ1) is 15.0. The molecule has 1 atom stereocenters. The Morgan fingerprint density at radius 2 is 1.58 bits per heavy atom. The number of aryl methyl sites for hydroxylation is 1. The van der Waals surface area contributed by atoms with Gasteiger partial charge in [-0.3, -0.25) is 0 Å². The molecule has 0 N–H and O–H groups in total. The zero-order valence-corrected chi connectivity index (χ0v) is 15.7. The topological polar surface area (TPSA) is 38.7 Å². The van der Waals surface area contributed by atoms with E-state index in [4.69, 9.17) is 4.98 Å². The van der Waals surface area contributed by atoms with Crippen LogP contribution in [-0.4, -0.2) is 31.8 Å². The summed E-state index contributed by atoms with van der Waals surface area (Å²) in [6, 6.07) is 21.0. The Kier molecular flexibility index (Phi) is 3.87. The number of hydrogen-bond donors (Lipinski definition) is 0. The molecule has 116 valence electrons. The molecule has 4 aromatic rings. The van der Waals surface area contributed by atoms with Crippen LogP contribution in [0.3, 0.4) is 0 Å². The molecule has 0 bridgehead atoms. The number of rotatable bonds is 2. The number of fused-ring (bicyclic) bond motifs is 1. The molecule has 0 saturated carbocycles. The average molecular weight is 373 g/mol. The number of hydrogen-bond acceptors (Lipinski definition) is 3. The fourth-order valence-electron chi connectivity index (χ4n) is 2.78.